The molecule has 1 N–H and O–H groups in total. The van der Waals surface area contributed by atoms with Gasteiger partial charge in [0.1, 0.15) is 0 Å². The van der Waals surface area contributed by atoms with Gasteiger partial charge < -0.3 is 14.9 Å². The lowest BCUT2D eigenvalue weighted by Crippen LogP contribution is -2.36. The number of aromatic hydroxyl groups is 1. The number of fused-ring (bicyclic) bond motifs is 1. The smallest absolute Gasteiger partial charge is 0.278 e. The van der Waals surface area contributed by atoms with E-state index in [1.807, 2.05) is 6.07 Å². The molecule has 130 valence electrons. The van der Waals surface area contributed by atoms with Gasteiger partial charge in [0, 0.05) is 25.2 Å². The van der Waals surface area contributed by atoms with Gasteiger partial charge in [-0.3, -0.25) is 9.59 Å². The molecule has 2 aromatic rings. The molecular weight excluding hydrogens is 320 g/mol. The third kappa shape index (κ3) is 2.70. The van der Waals surface area contributed by atoms with Crippen molar-refractivity contribution in [1.29, 1.82) is 0 Å². The van der Waals surface area contributed by atoms with Crippen molar-refractivity contribution in [2.45, 2.75) is 12.5 Å². The van der Waals surface area contributed by atoms with E-state index in [0.717, 1.165) is 23.7 Å². The zero-order valence-corrected chi connectivity index (χ0v) is 14.0. The molecule has 0 bridgehead atoms. The van der Waals surface area contributed by atoms with Crippen LogP contribution in [-0.4, -0.2) is 63.3 Å². The highest BCUT2D eigenvalue weighted by Gasteiger charge is 2.42. The van der Waals surface area contributed by atoms with Crippen LogP contribution < -0.4 is 5.56 Å². The Bertz CT molecular complexity index is 864. The van der Waals surface area contributed by atoms with Crippen molar-refractivity contribution in [3.8, 4) is 11.4 Å². The average Bonchev–Trinajstić information content (AvgIpc) is 3.18. The molecule has 0 radical (unpaired) electrons. The van der Waals surface area contributed by atoms with E-state index in [1.54, 1.807) is 29.2 Å². The first-order valence-electron chi connectivity index (χ1n) is 8.43. The van der Waals surface area contributed by atoms with Crippen LogP contribution in [0, 0.1) is 5.92 Å². The Kier molecular flexibility index (Phi) is 3.80. The summed E-state index contributed by atoms with van der Waals surface area (Å²) in [5, 5.41) is 14.3. The van der Waals surface area contributed by atoms with Crippen molar-refractivity contribution in [1.82, 2.24) is 19.6 Å². The van der Waals surface area contributed by atoms with E-state index in [1.165, 1.54) is 0 Å². The zero-order chi connectivity index (χ0) is 17.6. The van der Waals surface area contributed by atoms with E-state index in [9.17, 15) is 14.7 Å². The molecule has 7 nitrogen and oxygen atoms in total. The van der Waals surface area contributed by atoms with Gasteiger partial charge in [0.05, 0.1) is 5.69 Å². The lowest BCUT2D eigenvalue weighted by molar-refractivity contribution is 0.0763. The first-order chi connectivity index (χ1) is 12.0. The highest BCUT2D eigenvalue weighted by atomic mass is 16.3. The summed E-state index contributed by atoms with van der Waals surface area (Å²) in [4.78, 5) is 29.0. The molecule has 1 aromatic carbocycles. The lowest BCUT2D eigenvalue weighted by Gasteiger charge is -2.21. The fourth-order valence-corrected chi connectivity index (χ4v) is 3.84. The van der Waals surface area contributed by atoms with E-state index < -0.39 is 5.56 Å². The maximum absolute atomic E-state index is 12.9. The number of likely N-dealkylation sites (N-methyl/N-ethyl adjacent to an activating group) is 1. The van der Waals surface area contributed by atoms with Crippen molar-refractivity contribution >= 4 is 5.91 Å². The summed E-state index contributed by atoms with van der Waals surface area (Å²) in [6, 6.07) is 10.3. The number of hydrogen-bond donors (Lipinski definition) is 1. The number of amides is 1. The molecule has 2 aliphatic rings. The number of para-hydroxylation sites is 1. The monoisotopic (exact) mass is 340 g/mol. The highest BCUT2D eigenvalue weighted by molar-refractivity contribution is 5.95. The molecule has 0 aliphatic carbocycles. The molecule has 2 aliphatic heterocycles. The van der Waals surface area contributed by atoms with E-state index >= 15 is 0 Å². The van der Waals surface area contributed by atoms with E-state index in [2.05, 4.69) is 17.0 Å². The summed E-state index contributed by atoms with van der Waals surface area (Å²) in [5.41, 5.74) is 0.00364. The minimum Gasteiger partial charge on any atom is -0.505 e. The summed E-state index contributed by atoms with van der Waals surface area (Å²) >= 11 is 0. The number of carbonyl (C=O) groups is 1. The van der Waals surface area contributed by atoms with Crippen LogP contribution in [0.1, 0.15) is 16.9 Å². The van der Waals surface area contributed by atoms with E-state index in [0.29, 0.717) is 30.7 Å². The van der Waals surface area contributed by atoms with Gasteiger partial charge in [0.2, 0.25) is 0 Å². The number of likely N-dealkylation sites (tertiary alicyclic amines) is 2. The molecule has 0 spiro atoms. The molecule has 4 rings (SSSR count). The molecule has 1 aromatic heterocycles. The summed E-state index contributed by atoms with van der Waals surface area (Å²) in [5.74, 6) is -0.228. The van der Waals surface area contributed by atoms with Crippen molar-refractivity contribution in [3.63, 3.8) is 0 Å². The topological polar surface area (TPSA) is 78.7 Å². The molecule has 0 unspecified atom stereocenters. The van der Waals surface area contributed by atoms with Crippen LogP contribution in [0.4, 0.5) is 0 Å². The summed E-state index contributed by atoms with van der Waals surface area (Å²) in [6.45, 7) is 2.35. The summed E-state index contributed by atoms with van der Waals surface area (Å²) in [7, 11) is 2.07. The van der Waals surface area contributed by atoms with Crippen LogP contribution in [0.25, 0.3) is 5.69 Å². The van der Waals surface area contributed by atoms with Gasteiger partial charge in [0.25, 0.3) is 11.5 Å². The minimum absolute atomic E-state index is 0.0777. The predicted octanol–water partition coefficient (Wildman–Crippen LogP) is 0.714. The second-order valence-electron chi connectivity index (χ2n) is 6.77. The van der Waals surface area contributed by atoms with Crippen molar-refractivity contribution < 1.29 is 9.90 Å². The Balaban J connectivity index is 1.66. The van der Waals surface area contributed by atoms with Crippen molar-refractivity contribution in [2.75, 3.05) is 26.7 Å². The number of hydrogen-bond acceptors (Lipinski definition) is 5. The number of aromatic nitrogens is 2. The Morgan fingerprint density at radius 2 is 2.00 bits per heavy atom. The van der Waals surface area contributed by atoms with Gasteiger partial charge in [-0.25, -0.2) is 0 Å². The van der Waals surface area contributed by atoms with Gasteiger partial charge in [-0.2, -0.15) is 9.78 Å². The SMILES string of the molecule is CN1CC[C@H]2CN(C(=O)c3nn(-c4ccccc4)c(=O)cc3O)C[C@H]21. The fourth-order valence-electron chi connectivity index (χ4n) is 3.84. The van der Waals surface area contributed by atoms with Gasteiger partial charge in [0.15, 0.2) is 11.4 Å². The molecule has 0 saturated carbocycles. The largest absolute Gasteiger partial charge is 0.505 e. The van der Waals surface area contributed by atoms with Crippen LogP contribution in [0.5, 0.6) is 5.75 Å². The fraction of sp³-hybridized carbons (Fsp3) is 0.389. The number of rotatable bonds is 2. The lowest BCUT2D eigenvalue weighted by atomic mass is 10.1. The predicted molar refractivity (Wildman–Crippen MR) is 91.9 cm³/mol. The van der Waals surface area contributed by atoms with Crippen LogP contribution >= 0.6 is 0 Å². The van der Waals surface area contributed by atoms with E-state index in [-0.39, 0.29) is 17.4 Å². The number of benzene rings is 1. The maximum Gasteiger partial charge on any atom is 0.278 e. The van der Waals surface area contributed by atoms with Gasteiger partial charge >= 0.3 is 0 Å². The van der Waals surface area contributed by atoms with Gasteiger partial charge in [-0.1, -0.05) is 18.2 Å². The van der Waals surface area contributed by atoms with Crippen molar-refractivity contribution in [2.24, 2.45) is 5.92 Å². The highest BCUT2D eigenvalue weighted by Crippen LogP contribution is 2.31. The van der Waals surface area contributed by atoms with Crippen molar-refractivity contribution in [3.05, 3.63) is 52.4 Å². The quantitative estimate of drug-likeness (QED) is 0.871. The zero-order valence-electron chi connectivity index (χ0n) is 14.0. The van der Waals surface area contributed by atoms with E-state index in [4.69, 9.17) is 0 Å². The second-order valence-corrected chi connectivity index (χ2v) is 6.77. The maximum atomic E-state index is 12.9. The third-order valence-corrected chi connectivity index (χ3v) is 5.23. The van der Waals surface area contributed by atoms with Crippen LogP contribution in [0.15, 0.2) is 41.2 Å². The molecule has 2 saturated heterocycles. The Morgan fingerprint density at radius 3 is 2.72 bits per heavy atom. The van der Waals surface area contributed by atoms with Gasteiger partial charge in [-0.05, 0) is 38.1 Å². The van der Waals surface area contributed by atoms with Crippen LogP contribution in [-0.2, 0) is 0 Å². The summed E-state index contributed by atoms with van der Waals surface area (Å²) in [6.07, 6.45) is 1.08. The van der Waals surface area contributed by atoms with Crippen LogP contribution in [0.3, 0.4) is 0 Å². The molecule has 1 amide bonds. The number of carbonyl (C=O) groups excluding carboxylic acids is 1. The molecular formula is C18H20N4O3. The normalized spacial score (nSPS) is 23.0. The Morgan fingerprint density at radius 1 is 1.24 bits per heavy atom. The Labute approximate surface area is 145 Å². The first kappa shape index (κ1) is 15.8. The summed E-state index contributed by atoms with van der Waals surface area (Å²) < 4.78 is 1.15. The number of nitrogens with zero attached hydrogens (tertiary/aromatic N) is 4. The second kappa shape index (κ2) is 6.00. The van der Waals surface area contributed by atoms with Gasteiger partial charge in [-0.15, -0.1) is 0 Å². The molecule has 7 heteroatoms. The minimum atomic E-state index is -0.474. The Hall–Kier alpha value is -2.67. The first-order valence-corrected chi connectivity index (χ1v) is 8.43. The average molecular weight is 340 g/mol. The van der Waals surface area contributed by atoms with Crippen LogP contribution in [0.2, 0.25) is 0 Å². The molecule has 3 heterocycles. The standard InChI is InChI=1S/C18H20N4O3/c1-20-8-7-12-10-21(11-14(12)20)18(25)17-15(23)9-16(24)22(19-17)13-5-3-2-4-6-13/h2-6,9,12,14,23H,7-8,10-11H2,1H3/t12-,14+/m0/s1. The third-order valence-electron chi connectivity index (χ3n) is 5.23. The molecule has 25 heavy (non-hydrogen) atoms. The molecule has 2 atom stereocenters. The molecule has 2 fully saturated rings.